The molecule has 33 heavy (non-hydrogen) atoms. The van der Waals surface area contributed by atoms with Crippen molar-refractivity contribution in [3.63, 3.8) is 0 Å². The molecule has 9 heteroatoms. The van der Waals surface area contributed by atoms with E-state index in [1.807, 2.05) is 38.1 Å². The van der Waals surface area contributed by atoms with Crippen LogP contribution in [-0.4, -0.2) is 19.3 Å². The standard InChI is InChI=1S/C24H23F3N4OS/c1-4-31-21-20(16(3)29-31)28-23(30(22(21)32)13-17-10-8-15(2)9-11-17)33-14-18-6-5-7-19(12-18)24(25,26)27/h5-12H,4,13-14H2,1-3H3. The van der Waals surface area contributed by atoms with Crippen molar-refractivity contribution in [3.8, 4) is 0 Å². The molecule has 2 aromatic carbocycles. The molecule has 0 radical (unpaired) electrons. The highest BCUT2D eigenvalue weighted by molar-refractivity contribution is 7.98. The fraction of sp³-hybridized carbons (Fsp3) is 0.292. The normalized spacial score (nSPS) is 11.9. The minimum absolute atomic E-state index is 0.213. The molecule has 0 unspecified atom stereocenters. The first-order chi connectivity index (χ1) is 15.7. The van der Waals surface area contributed by atoms with E-state index < -0.39 is 11.7 Å². The molecule has 5 nitrogen and oxygen atoms in total. The van der Waals surface area contributed by atoms with Crippen LogP contribution in [0.2, 0.25) is 0 Å². The zero-order valence-electron chi connectivity index (χ0n) is 18.5. The van der Waals surface area contributed by atoms with Gasteiger partial charge in [0.15, 0.2) is 10.7 Å². The van der Waals surface area contributed by atoms with Crippen LogP contribution >= 0.6 is 11.8 Å². The molecule has 2 aromatic heterocycles. The van der Waals surface area contributed by atoms with Crippen molar-refractivity contribution >= 4 is 22.8 Å². The van der Waals surface area contributed by atoms with Crippen LogP contribution in [0.1, 0.15) is 34.9 Å². The first-order valence-electron chi connectivity index (χ1n) is 10.5. The minimum atomic E-state index is -4.41. The molecule has 172 valence electrons. The number of aryl methyl sites for hydroxylation is 3. The van der Waals surface area contributed by atoms with E-state index in [9.17, 15) is 18.0 Å². The number of rotatable bonds is 6. The molecule has 4 rings (SSSR count). The maximum Gasteiger partial charge on any atom is 0.416 e. The summed E-state index contributed by atoms with van der Waals surface area (Å²) in [6.45, 7) is 6.53. The van der Waals surface area contributed by atoms with Gasteiger partial charge in [0, 0.05) is 12.3 Å². The second kappa shape index (κ2) is 9.05. The summed E-state index contributed by atoms with van der Waals surface area (Å²) in [5, 5.41) is 4.88. The fourth-order valence-electron chi connectivity index (χ4n) is 3.63. The number of benzene rings is 2. The number of halogens is 3. The van der Waals surface area contributed by atoms with Crippen molar-refractivity contribution in [2.45, 2.75) is 50.9 Å². The predicted molar refractivity (Wildman–Crippen MR) is 123 cm³/mol. The highest BCUT2D eigenvalue weighted by atomic mass is 32.2. The molecule has 0 spiro atoms. The third-order valence-electron chi connectivity index (χ3n) is 5.36. The lowest BCUT2D eigenvalue weighted by Gasteiger charge is -2.14. The number of aromatic nitrogens is 4. The summed E-state index contributed by atoms with van der Waals surface area (Å²) in [6.07, 6.45) is -4.41. The monoisotopic (exact) mass is 472 g/mol. The Morgan fingerprint density at radius 2 is 1.76 bits per heavy atom. The topological polar surface area (TPSA) is 52.7 Å². The van der Waals surface area contributed by atoms with Gasteiger partial charge in [-0.05, 0) is 38.0 Å². The lowest BCUT2D eigenvalue weighted by molar-refractivity contribution is -0.137. The molecule has 0 saturated carbocycles. The summed E-state index contributed by atoms with van der Waals surface area (Å²) in [7, 11) is 0. The highest BCUT2D eigenvalue weighted by Crippen LogP contribution is 2.31. The quantitative estimate of drug-likeness (QED) is 0.271. The molecule has 2 heterocycles. The second-order valence-corrected chi connectivity index (χ2v) is 8.80. The van der Waals surface area contributed by atoms with Crippen LogP contribution in [0.15, 0.2) is 58.5 Å². The van der Waals surface area contributed by atoms with Gasteiger partial charge in [-0.15, -0.1) is 0 Å². The zero-order valence-corrected chi connectivity index (χ0v) is 19.3. The van der Waals surface area contributed by atoms with Gasteiger partial charge >= 0.3 is 6.18 Å². The number of hydrogen-bond donors (Lipinski definition) is 0. The summed E-state index contributed by atoms with van der Waals surface area (Å²) < 4.78 is 42.5. The third kappa shape index (κ3) is 4.83. The largest absolute Gasteiger partial charge is 0.416 e. The Kier molecular flexibility index (Phi) is 6.34. The van der Waals surface area contributed by atoms with E-state index >= 15 is 0 Å². The average molecular weight is 473 g/mol. The first-order valence-corrected chi connectivity index (χ1v) is 11.5. The van der Waals surface area contributed by atoms with Gasteiger partial charge in [-0.1, -0.05) is 59.8 Å². The smallest absolute Gasteiger partial charge is 0.281 e. The maximum atomic E-state index is 13.5. The van der Waals surface area contributed by atoms with Crippen LogP contribution in [0.25, 0.3) is 11.0 Å². The van der Waals surface area contributed by atoms with Crippen LogP contribution in [0, 0.1) is 13.8 Å². The van der Waals surface area contributed by atoms with Crippen LogP contribution in [-0.2, 0) is 25.0 Å². The van der Waals surface area contributed by atoms with Gasteiger partial charge in [0.2, 0.25) is 0 Å². The van der Waals surface area contributed by atoms with Gasteiger partial charge in [0.05, 0.1) is 17.8 Å². The minimum Gasteiger partial charge on any atom is -0.281 e. The second-order valence-electron chi connectivity index (χ2n) is 7.86. The van der Waals surface area contributed by atoms with E-state index in [0.717, 1.165) is 23.3 Å². The summed E-state index contributed by atoms with van der Waals surface area (Å²) >= 11 is 1.24. The predicted octanol–water partition coefficient (Wildman–Crippen LogP) is 5.59. The van der Waals surface area contributed by atoms with Gasteiger partial charge in [0.1, 0.15) is 5.52 Å². The van der Waals surface area contributed by atoms with Crippen molar-refractivity contribution in [1.82, 2.24) is 19.3 Å². The molecule has 0 N–H and O–H groups in total. The van der Waals surface area contributed by atoms with Crippen LogP contribution in [0.4, 0.5) is 13.2 Å². The van der Waals surface area contributed by atoms with Crippen molar-refractivity contribution < 1.29 is 13.2 Å². The first kappa shape index (κ1) is 23.1. The van der Waals surface area contributed by atoms with Gasteiger partial charge in [-0.2, -0.15) is 18.3 Å². The molecule has 0 amide bonds. The Labute approximate surface area is 193 Å². The van der Waals surface area contributed by atoms with Gasteiger partial charge < -0.3 is 0 Å². The lowest BCUT2D eigenvalue weighted by atomic mass is 10.1. The molecule has 0 aliphatic heterocycles. The van der Waals surface area contributed by atoms with Crippen LogP contribution in [0.3, 0.4) is 0 Å². The molecule has 0 aliphatic rings. The van der Waals surface area contributed by atoms with Crippen molar-refractivity contribution in [2.24, 2.45) is 0 Å². The molecule has 0 saturated heterocycles. The Morgan fingerprint density at radius 1 is 1.03 bits per heavy atom. The van der Waals surface area contributed by atoms with Crippen molar-refractivity contribution in [1.29, 1.82) is 0 Å². The Morgan fingerprint density at radius 3 is 2.42 bits per heavy atom. The number of thioether (sulfide) groups is 1. The third-order valence-corrected chi connectivity index (χ3v) is 6.41. The van der Waals surface area contributed by atoms with E-state index in [2.05, 4.69) is 5.10 Å². The maximum absolute atomic E-state index is 13.5. The number of fused-ring (bicyclic) bond motifs is 1. The number of nitrogens with zero attached hydrogens (tertiary/aromatic N) is 4. The van der Waals surface area contributed by atoms with E-state index in [1.165, 1.54) is 17.8 Å². The van der Waals surface area contributed by atoms with E-state index in [-0.39, 0.29) is 11.3 Å². The van der Waals surface area contributed by atoms with Gasteiger partial charge in [0.25, 0.3) is 5.56 Å². The lowest BCUT2D eigenvalue weighted by Crippen LogP contribution is -2.25. The molecule has 0 atom stereocenters. The summed E-state index contributed by atoms with van der Waals surface area (Å²) in [5.41, 5.74) is 3.25. The Hall–Kier alpha value is -3.07. The van der Waals surface area contributed by atoms with E-state index in [4.69, 9.17) is 4.98 Å². The summed E-state index contributed by atoms with van der Waals surface area (Å²) in [5.74, 6) is 0.247. The zero-order chi connectivity index (χ0) is 23.8. The molecule has 4 aromatic rings. The van der Waals surface area contributed by atoms with Crippen LogP contribution in [0.5, 0.6) is 0 Å². The molecule has 0 fully saturated rings. The summed E-state index contributed by atoms with van der Waals surface area (Å²) in [6, 6.07) is 13.1. The van der Waals surface area contributed by atoms with Crippen molar-refractivity contribution in [2.75, 3.05) is 0 Å². The van der Waals surface area contributed by atoms with Gasteiger partial charge in [-0.25, -0.2) is 4.98 Å². The number of hydrogen-bond acceptors (Lipinski definition) is 4. The summed E-state index contributed by atoms with van der Waals surface area (Å²) in [4.78, 5) is 18.2. The fourth-order valence-corrected chi connectivity index (χ4v) is 4.56. The average Bonchev–Trinajstić information content (AvgIpc) is 3.11. The van der Waals surface area contributed by atoms with Crippen molar-refractivity contribution in [3.05, 3.63) is 86.8 Å². The van der Waals surface area contributed by atoms with Gasteiger partial charge in [-0.3, -0.25) is 14.0 Å². The molecular weight excluding hydrogens is 449 g/mol. The Balaban J connectivity index is 1.76. The SMILES string of the molecule is CCn1nc(C)c2nc(SCc3cccc(C(F)(F)F)c3)n(Cc3ccc(C)cc3)c(=O)c21. The Bertz CT molecular complexity index is 1360. The highest BCUT2D eigenvalue weighted by Gasteiger charge is 2.30. The van der Waals surface area contributed by atoms with E-state index in [1.54, 1.807) is 22.2 Å². The van der Waals surface area contributed by atoms with E-state index in [0.29, 0.717) is 40.5 Å². The van der Waals surface area contributed by atoms with Crippen LogP contribution < -0.4 is 5.56 Å². The molecular formula is C24H23F3N4OS. The molecule has 0 aliphatic carbocycles. The number of alkyl halides is 3. The molecule has 0 bridgehead atoms.